The highest BCUT2D eigenvalue weighted by Crippen LogP contribution is 2.34. The van der Waals surface area contributed by atoms with Gasteiger partial charge >= 0.3 is 5.69 Å². The summed E-state index contributed by atoms with van der Waals surface area (Å²) in [6.07, 6.45) is 1.32. The average molecular weight is 401 g/mol. The molecule has 0 unspecified atom stereocenters. The van der Waals surface area contributed by atoms with Crippen LogP contribution in [0, 0.1) is 25.0 Å². The number of benzene rings is 1. The number of amides is 1. The van der Waals surface area contributed by atoms with Crippen molar-refractivity contribution in [2.75, 3.05) is 21.2 Å². The smallest absolute Gasteiger partial charge is 0.312 e. The number of nitrogens with zero attached hydrogens (tertiary/aromatic N) is 3. The number of ether oxygens (including phenoxy) is 1. The summed E-state index contributed by atoms with van der Waals surface area (Å²) in [5.74, 6) is -0.318. The molecule has 0 bridgehead atoms. The molecule has 0 aliphatic heterocycles. The Kier molecular flexibility index (Phi) is 5.66. The number of hydrogen-bond acceptors (Lipinski definition) is 5. The molecule has 0 radical (unpaired) electrons. The number of nitriles is 1. The van der Waals surface area contributed by atoms with Gasteiger partial charge in [0, 0.05) is 20.2 Å². The van der Waals surface area contributed by atoms with Gasteiger partial charge in [-0.15, -0.1) is 0 Å². The first-order valence-corrected chi connectivity index (χ1v) is 6.75. The van der Waals surface area contributed by atoms with Crippen LogP contribution in [0.15, 0.2) is 17.7 Å². The number of likely N-dealkylation sites (N-methyl/N-ethyl adjacent to an activating group) is 1. The zero-order valence-electron chi connectivity index (χ0n) is 11.6. The zero-order valence-corrected chi connectivity index (χ0v) is 13.7. The molecule has 8 heteroatoms. The Bertz CT molecular complexity index is 662. The van der Waals surface area contributed by atoms with Crippen LogP contribution in [0.25, 0.3) is 6.08 Å². The summed E-state index contributed by atoms with van der Waals surface area (Å²) >= 11 is 1.90. The predicted molar refractivity (Wildman–Crippen MR) is 84.6 cm³/mol. The molecule has 0 saturated heterocycles. The lowest BCUT2D eigenvalue weighted by Gasteiger charge is -2.09. The number of hydrogen-bond donors (Lipinski definition) is 0. The van der Waals surface area contributed by atoms with Gasteiger partial charge in [0.2, 0.25) is 5.75 Å². The summed E-state index contributed by atoms with van der Waals surface area (Å²) in [5.41, 5.74) is 0.0687. The van der Waals surface area contributed by atoms with Crippen molar-refractivity contribution in [3.63, 3.8) is 0 Å². The van der Waals surface area contributed by atoms with Gasteiger partial charge in [0.1, 0.15) is 11.6 Å². The molecule has 0 saturated carbocycles. The molecule has 0 atom stereocenters. The van der Waals surface area contributed by atoms with Gasteiger partial charge < -0.3 is 9.64 Å². The van der Waals surface area contributed by atoms with Crippen molar-refractivity contribution < 1.29 is 14.5 Å². The van der Waals surface area contributed by atoms with Gasteiger partial charge in [-0.2, -0.15) is 5.26 Å². The lowest BCUT2D eigenvalue weighted by Crippen LogP contribution is -2.22. The van der Waals surface area contributed by atoms with E-state index >= 15 is 0 Å². The number of nitro groups is 1. The minimum Gasteiger partial charge on any atom is -0.489 e. The monoisotopic (exact) mass is 401 g/mol. The third-order valence-electron chi connectivity index (χ3n) is 2.52. The van der Waals surface area contributed by atoms with Crippen molar-refractivity contribution in [1.82, 2.24) is 4.90 Å². The van der Waals surface area contributed by atoms with E-state index in [2.05, 4.69) is 0 Å². The van der Waals surface area contributed by atoms with E-state index in [1.54, 1.807) is 12.1 Å². The molecule has 1 aromatic rings. The molecule has 21 heavy (non-hydrogen) atoms. The van der Waals surface area contributed by atoms with E-state index < -0.39 is 10.8 Å². The first kappa shape index (κ1) is 16.9. The van der Waals surface area contributed by atoms with Crippen LogP contribution in [0.2, 0.25) is 0 Å². The van der Waals surface area contributed by atoms with Crippen molar-refractivity contribution in [3.05, 3.63) is 37.0 Å². The minimum atomic E-state index is -0.571. The van der Waals surface area contributed by atoms with Gasteiger partial charge in [-0.1, -0.05) is 0 Å². The summed E-state index contributed by atoms with van der Waals surface area (Å²) in [6, 6.07) is 4.66. The maximum absolute atomic E-state index is 11.8. The zero-order chi connectivity index (χ0) is 16.2. The molecule has 0 aliphatic rings. The van der Waals surface area contributed by atoms with Gasteiger partial charge in [-0.05, 0) is 40.3 Å². The third kappa shape index (κ3) is 3.91. The molecular weight excluding hydrogens is 389 g/mol. The van der Waals surface area contributed by atoms with Crippen LogP contribution in [-0.2, 0) is 4.79 Å². The van der Waals surface area contributed by atoms with Crippen molar-refractivity contribution in [2.45, 2.75) is 0 Å². The lowest BCUT2D eigenvalue weighted by molar-refractivity contribution is -0.385. The van der Waals surface area contributed by atoms with E-state index in [0.29, 0.717) is 9.13 Å². The van der Waals surface area contributed by atoms with Crippen molar-refractivity contribution >= 4 is 40.3 Å². The molecule has 0 fully saturated rings. The van der Waals surface area contributed by atoms with E-state index in [1.165, 1.54) is 38.2 Å². The van der Waals surface area contributed by atoms with Crippen LogP contribution in [0.1, 0.15) is 5.56 Å². The van der Waals surface area contributed by atoms with Gasteiger partial charge in [0.25, 0.3) is 5.91 Å². The molecule has 1 aromatic carbocycles. The topological polar surface area (TPSA) is 96.5 Å². The maximum Gasteiger partial charge on any atom is 0.312 e. The van der Waals surface area contributed by atoms with Gasteiger partial charge in [0.05, 0.1) is 15.6 Å². The number of rotatable bonds is 4. The number of carbonyl (C=O) groups is 1. The number of halogens is 1. The van der Waals surface area contributed by atoms with Gasteiger partial charge in [-0.25, -0.2) is 0 Å². The Hall–Kier alpha value is -2.15. The van der Waals surface area contributed by atoms with Crippen LogP contribution in [0.4, 0.5) is 5.69 Å². The first-order valence-electron chi connectivity index (χ1n) is 5.67. The summed E-state index contributed by atoms with van der Waals surface area (Å²) in [6.45, 7) is 0. The van der Waals surface area contributed by atoms with E-state index in [0.717, 1.165) is 0 Å². The fraction of sp³-hybridized carbons (Fsp3) is 0.231. The van der Waals surface area contributed by atoms with Gasteiger partial charge in [-0.3, -0.25) is 14.9 Å². The molecular formula is C13H12IN3O4. The number of methoxy groups -OCH3 is 1. The molecule has 7 nitrogen and oxygen atoms in total. The molecule has 0 spiro atoms. The molecule has 1 amide bonds. The van der Waals surface area contributed by atoms with Crippen LogP contribution in [0.5, 0.6) is 5.75 Å². The lowest BCUT2D eigenvalue weighted by atomic mass is 10.1. The summed E-state index contributed by atoms with van der Waals surface area (Å²) < 4.78 is 5.52. The highest BCUT2D eigenvalue weighted by atomic mass is 127. The van der Waals surface area contributed by atoms with E-state index in [9.17, 15) is 14.9 Å². The highest BCUT2D eigenvalue weighted by Gasteiger charge is 2.20. The van der Waals surface area contributed by atoms with Crippen LogP contribution in [-0.4, -0.2) is 36.9 Å². The standard InChI is InChI=1S/C13H12IN3O4/c1-16(2)13(18)9(7-15)4-8-5-10(14)12(21-3)11(6-8)17(19)20/h4-6H,1-3H3/b9-4-. The Balaban J connectivity index is 3.42. The second-order valence-corrected chi connectivity index (χ2v) is 5.34. The predicted octanol–water partition coefficient (Wildman–Crippen LogP) is 2.20. The molecule has 1 rings (SSSR count). The van der Waals surface area contributed by atoms with Crippen LogP contribution in [0.3, 0.4) is 0 Å². The Labute approximate surface area is 135 Å². The number of nitro benzene ring substituents is 1. The SMILES string of the molecule is COc1c(I)cc(/C=C(/C#N)C(=O)N(C)C)cc1[N+](=O)[O-]. The molecule has 0 heterocycles. The van der Waals surface area contributed by atoms with Crippen molar-refractivity contribution in [1.29, 1.82) is 5.26 Å². The third-order valence-corrected chi connectivity index (χ3v) is 3.32. The fourth-order valence-electron chi connectivity index (χ4n) is 1.57. The average Bonchev–Trinajstić information content (AvgIpc) is 2.43. The molecule has 0 aliphatic carbocycles. The fourth-order valence-corrected chi connectivity index (χ4v) is 2.43. The number of carbonyl (C=O) groups excluding carboxylic acids is 1. The Morgan fingerprint density at radius 3 is 2.57 bits per heavy atom. The van der Waals surface area contributed by atoms with E-state index in [1.807, 2.05) is 22.6 Å². The summed E-state index contributed by atoms with van der Waals surface area (Å²) in [7, 11) is 4.39. The summed E-state index contributed by atoms with van der Waals surface area (Å²) in [4.78, 5) is 23.5. The van der Waals surface area contributed by atoms with E-state index in [4.69, 9.17) is 10.00 Å². The second kappa shape index (κ2) is 7.03. The van der Waals surface area contributed by atoms with Crippen molar-refractivity contribution in [3.8, 4) is 11.8 Å². The van der Waals surface area contributed by atoms with E-state index in [-0.39, 0.29) is 17.0 Å². The van der Waals surface area contributed by atoms with Crippen LogP contribution >= 0.6 is 22.6 Å². The minimum absolute atomic E-state index is 0.102. The molecule has 0 aromatic heterocycles. The maximum atomic E-state index is 11.8. The van der Waals surface area contributed by atoms with Crippen LogP contribution < -0.4 is 4.74 Å². The second-order valence-electron chi connectivity index (χ2n) is 4.18. The quantitative estimate of drug-likeness (QED) is 0.253. The highest BCUT2D eigenvalue weighted by molar-refractivity contribution is 14.1. The van der Waals surface area contributed by atoms with Gasteiger partial charge in [0.15, 0.2) is 0 Å². The Morgan fingerprint density at radius 2 is 2.14 bits per heavy atom. The Morgan fingerprint density at radius 1 is 1.52 bits per heavy atom. The molecule has 0 N–H and O–H groups in total. The summed E-state index contributed by atoms with van der Waals surface area (Å²) in [5, 5.41) is 20.1. The first-order chi connectivity index (χ1) is 9.81. The normalized spacial score (nSPS) is 10.7. The van der Waals surface area contributed by atoms with Crippen molar-refractivity contribution in [2.24, 2.45) is 0 Å². The molecule has 110 valence electrons. The largest absolute Gasteiger partial charge is 0.489 e.